The topological polar surface area (TPSA) is 80.5 Å². The molecule has 0 aliphatic carbocycles. The summed E-state index contributed by atoms with van der Waals surface area (Å²) < 4.78 is 12.7. The molecule has 0 radical (unpaired) electrons. The van der Waals surface area contributed by atoms with Gasteiger partial charge in [0.15, 0.2) is 0 Å². The number of nitrogens with one attached hydrogen (secondary N) is 1. The van der Waals surface area contributed by atoms with Crippen LogP contribution in [0, 0.1) is 12.8 Å². The van der Waals surface area contributed by atoms with Crippen LogP contribution in [0.1, 0.15) is 56.2 Å². The molecule has 1 saturated heterocycles. The van der Waals surface area contributed by atoms with E-state index in [1.807, 2.05) is 24.3 Å². The molecule has 1 N–H and O–H groups in total. The average Bonchev–Trinajstić information content (AvgIpc) is 3.27. The molecule has 2 unspecified atom stereocenters. The Bertz CT molecular complexity index is 1210. The SMILES string of the molecule is Cc1ccc2c(c1)OC(C)(C)CC2NC(=O)C1CCCN(Cc2nc(-c3ccc(Br)cc3)no2)C1. The molecule has 2 atom stereocenters. The lowest BCUT2D eigenvalue weighted by Gasteiger charge is -2.39. The largest absolute Gasteiger partial charge is 0.487 e. The van der Waals surface area contributed by atoms with E-state index in [1.54, 1.807) is 0 Å². The first-order chi connectivity index (χ1) is 16.8. The van der Waals surface area contributed by atoms with Gasteiger partial charge >= 0.3 is 0 Å². The number of aromatic nitrogens is 2. The second-order valence-electron chi connectivity index (χ2n) is 10.3. The molecule has 0 spiro atoms. The summed E-state index contributed by atoms with van der Waals surface area (Å²) in [6.45, 7) is 8.33. The summed E-state index contributed by atoms with van der Waals surface area (Å²) in [5.74, 6) is 2.05. The molecule has 1 aromatic heterocycles. The highest BCUT2D eigenvalue weighted by Crippen LogP contribution is 2.40. The first kappa shape index (κ1) is 24.0. The second kappa shape index (κ2) is 9.74. The van der Waals surface area contributed by atoms with Gasteiger partial charge in [0.05, 0.1) is 18.5 Å². The number of hydrogen-bond acceptors (Lipinski definition) is 6. The highest BCUT2D eigenvalue weighted by atomic mass is 79.9. The minimum Gasteiger partial charge on any atom is -0.487 e. The number of fused-ring (bicyclic) bond motifs is 1. The zero-order valence-corrected chi connectivity index (χ0v) is 22.0. The van der Waals surface area contributed by atoms with Crippen LogP contribution in [0.2, 0.25) is 0 Å². The lowest BCUT2D eigenvalue weighted by Crippen LogP contribution is -2.46. The fourth-order valence-electron chi connectivity index (χ4n) is 5.02. The highest BCUT2D eigenvalue weighted by molar-refractivity contribution is 9.10. The van der Waals surface area contributed by atoms with Gasteiger partial charge in [-0.25, -0.2) is 0 Å². The van der Waals surface area contributed by atoms with Gasteiger partial charge in [-0.15, -0.1) is 0 Å². The molecule has 2 aliphatic rings. The molecule has 1 amide bonds. The molecule has 3 heterocycles. The van der Waals surface area contributed by atoms with Crippen LogP contribution in [0.3, 0.4) is 0 Å². The Kier molecular flexibility index (Phi) is 6.68. The van der Waals surface area contributed by atoms with Gasteiger partial charge in [0.25, 0.3) is 0 Å². The number of benzene rings is 2. The predicted molar refractivity (Wildman–Crippen MR) is 137 cm³/mol. The van der Waals surface area contributed by atoms with E-state index in [1.165, 1.54) is 0 Å². The van der Waals surface area contributed by atoms with E-state index in [0.29, 0.717) is 24.8 Å². The molecule has 0 saturated carbocycles. The van der Waals surface area contributed by atoms with Crippen LogP contribution in [0.25, 0.3) is 11.4 Å². The normalized spacial score (nSPS) is 21.7. The standard InChI is InChI=1S/C27H31BrN4O3/c1-17-6-11-21-22(14-27(2,3)34-23(21)13-17)29-26(33)19-5-4-12-32(15-19)16-24-30-25(31-35-24)18-7-9-20(28)10-8-18/h6-11,13,19,22H,4-5,12,14-16H2,1-3H3,(H,29,33). The number of halogens is 1. The lowest BCUT2D eigenvalue weighted by atomic mass is 9.88. The van der Waals surface area contributed by atoms with Crippen molar-refractivity contribution < 1.29 is 14.1 Å². The molecular formula is C27H31BrN4O3. The molecule has 184 valence electrons. The van der Waals surface area contributed by atoms with E-state index in [-0.39, 0.29) is 23.5 Å². The van der Waals surface area contributed by atoms with Gasteiger partial charge in [-0.2, -0.15) is 4.98 Å². The number of piperidine rings is 1. The van der Waals surface area contributed by atoms with E-state index in [0.717, 1.165) is 52.7 Å². The minimum absolute atomic E-state index is 0.0540. The Hall–Kier alpha value is -2.71. The monoisotopic (exact) mass is 538 g/mol. The van der Waals surface area contributed by atoms with E-state index in [9.17, 15) is 4.79 Å². The van der Waals surface area contributed by atoms with Crippen molar-refractivity contribution in [2.45, 2.75) is 58.2 Å². The van der Waals surface area contributed by atoms with Gasteiger partial charge in [0.2, 0.25) is 17.6 Å². The quantitative estimate of drug-likeness (QED) is 0.465. The summed E-state index contributed by atoms with van der Waals surface area (Å²) in [6, 6.07) is 14.0. The minimum atomic E-state index is -0.332. The number of likely N-dealkylation sites (tertiary alicyclic amines) is 1. The number of ether oxygens (including phenoxy) is 1. The predicted octanol–water partition coefficient (Wildman–Crippen LogP) is 5.44. The maximum absolute atomic E-state index is 13.3. The van der Waals surface area contributed by atoms with E-state index in [2.05, 4.69) is 75.3 Å². The van der Waals surface area contributed by atoms with Crippen molar-refractivity contribution in [1.82, 2.24) is 20.4 Å². The number of amides is 1. The van der Waals surface area contributed by atoms with E-state index >= 15 is 0 Å². The Morgan fingerprint density at radius 2 is 2.03 bits per heavy atom. The van der Waals surface area contributed by atoms with Crippen LogP contribution >= 0.6 is 15.9 Å². The molecule has 2 aromatic carbocycles. The van der Waals surface area contributed by atoms with E-state index < -0.39 is 0 Å². The van der Waals surface area contributed by atoms with Crippen LogP contribution in [0.4, 0.5) is 0 Å². The van der Waals surface area contributed by atoms with Crippen molar-refractivity contribution in [2.24, 2.45) is 5.92 Å². The van der Waals surface area contributed by atoms with Gasteiger partial charge in [0, 0.05) is 28.6 Å². The molecule has 35 heavy (non-hydrogen) atoms. The number of aryl methyl sites for hydroxylation is 1. The number of carbonyl (C=O) groups is 1. The Labute approximate surface area is 214 Å². The van der Waals surface area contributed by atoms with Crippen molar-refractivity contribution in [3.63, 3.8) is 0 Å². The summed E-state index contributed by atoms with van der Waals surface area (Å²) >= 11 is 3.44. The van der Waals surface area contributed by atoms with Crippen LogP contribution in [0.15, 0.2) is 51.5 Å². The van der Waals surface area contributed by atoms with Gasteiger partial charge in [-0.1, -0.05) is 33.2 Å². The fourth-order valence-corrected chi connectivity index (χ4v) is 5.28. The summed E-state index contributed by atoms with van der Waals surface area (Å²) in [4.78, 5) is 20.1. The summed E-state index contributed by atoms with van der Waals surface area (Å²) in [5, 5.41) is 7.47. The number of hydrogen-bond donors (Lipinski definition) is 1. The number of nitrogens with zero attached hydrogens (tertiary/aromatic N) is 3. The molecular weight excluding hydrogens is 508 g/mol. The molecule has 8 heteroatoms. The van der Waals surface area contributed by atoms with Gasteiger partial charge in [-0.3, -0.25) is 9.69 Å². The van der Waals surface area contributed by atoms with Gasteiger partial charge < -0.3 is 14.6 Å². The maximum atomic E-state index is 13.3. The number of carbonyl (C=O) groups excluding carboxylic acids is 1. The zero-order chi connectivity index (χ0) is 24.6. The summed E-state index contributed by atoms with van der Waals surface area (Å²) in [5.41, 5.74) is 2.79. The smallest absolute Gasteiger partial charge is 0.241 e. The second-order valence-corrected chi connectivity index (χ2v) is 11.2. The molecule has 0 bridgehead atoms. The van der Waals surface area contributed by atoms with Crippen LogP contribution < -0.4 is 10.1 Å². The molecule has 1 fully saturated rings. The molecule has 7 nitrogen and oxygen atoms in total. The van der Waals surface area contributed by atoms with E-state index in [4.69, 9.17) is 9.26 Å². The van der Waals surface area contributed by atoms with Crippen molar-refractivity contribution >= 4 is 21.8 Å². The first-order valence-corrected chi connectivity index (χ1v) is 13.0. The molecule has 5 rings (SSSR count). The summed E-state index contributed by atoms with van der Waals surface area (Å²) in [6.07, 6.45) is 2.58. The van der Waals surface area contributed by atoms with Crippen molar-refractivity contribution in [1.29, 1.82) is 0 Å². The highest BCUT2D eigenvalue weighted by Gasteiger charge is 2.36. The zero-order valence-electron chi connectivity index (χ0n) is 20.4. The lowest BCUT2D eigenvalue weighted by molar-refractivity contribution is -0.128. The maximum Gasteiger partial charge on any atom is 0.241 e. The summed E-state index contributed by atoms with van der Waals surface area (Å²) in [7, 11) is 0. The van der Waals surface area contributed by atoms with Crippen molar-refractivity contribution in [2.75, 3.05) is 13.1 Å². The number of rotatable bonds is 5. The Morgan fingerprint density at radius 1 is 1.23 bits per heavy atom. The molecule has 2 aliphatic heterocycles. The fraction of sp³-hybridized carbons (Fsp3) is 0.444. The van der Waals surface area contributed by atoms with Gasteiger partial charge in [-0.05, 0) is 76.1 Å². The third-order valence-electron chi connectivity index (χ3n) is 6.75. The third kappa shape index (κ3) is 5.59. The Morgan fingerprint density at radius 3 is 2.83 bits per heavy atom. The Balaban J connectivity index is 1.23. The first-order valence-electron chi connectivity index (χ1n) is 12.2. The average molecular weight is 539 g/mol. The van der Waals surface area contributed by atoms with Crippen molar-refractivity contribution in [3.05, 3.63) is 64.0 Å². The third-order valence-corrected chi connectivity index (χ3v) is 7.28. The van der Waals surface area contributed by atoms with Crippen LogP contribution in [-0.2, 0) is 11.3 Å². The van der Waals surface area contributed by atoms with Crippen LogP contribution in [-0.4, -0.2) is 39.6 Å². The van der Waals surface area contributed by atoms with Crippen LogP contribution in [0.5, 0.6) is 5.75 Å². The van der Waals surface area contributed by atoms with Crippen molar-refractivity contribution in [3.8, 4) is 17.1 Å². The molecule has 3 aromatic rings. The van der Waals surface area contributed by atoms with Gasteiger partial charge in [0.1, 0.15) is 11.4 Å².